The van der Waals surface area contributed by atoms with Gasteiger partial charge >= 0.3 is 12.2 Å². The van der Waals surface area contributed by atoms with Crippen LogP contribution >= 0.6 is 22.9 Å². The molecule has 30 heavy (non-hydrogen) atoms. The van der Waals surface area contributed by atoms with Gasteiger partial charge in [0.15, 0.2) is 0 Å². The van der Waals surface area contributed by atoms with Gasteiger partial charge in [-0.25, -0.2) is 9.78 Å². The number of fused-ring (bicyclic) bond motifs is 1. The minimum absolute atomic E-state index is 0.129. The number of amides is 2. The van der Waals surface area contributed by atoms with Gasteiger partial charge in [-0.3, -0.25) is 0 Å². The van der Waals surface area contributed by atoms with Crippen molar-refractivity contribution in [3.8, 4) is 5.19 Å². The van der Waals surface area contributed by atoms with Crippen LogP contribution in [-0.4, -0.2) is 35.1 Å². The summed E-state index contributed by atoms with van der Waals surface area (Å²) < 4.78 is 46.2. The van der Waals surface area contributed by atoms with Gasteiger partial charge < -0.3 is 15.0 Å². The van der Waals surface area contributed by atoms with E-state index in [1.807, 2.05) is 12.1 Å². The smallest absolute Gasteiger partial charge is 0.418 e. The van der Waals surface area contributed by atoms with Gasteiger partial charge in [-0.1, -0.05) is 41.1 Å². The number of hydrogen-bond acceptors (Lipinski definition) is 4. The molecule has 0 bridgehead atoms. The van der Waals surface area contributed by atoms with E-state index in [2.05, 4.69) is 10.3 Å². The summed E-state index contributed by atoms with van der Waals surface area (Å²) in [6, 6.07) is 9.90. The summed E-state index contributed by atoms with van der Waals surface area (Å²) in [6.45, 7) is 0.743. The number of nitrogens with one attached hydrogen (secondary N) is 1. The molecule has 4 rings (SSSR count). The molecule has 0 aliphatic carbocycles. The van der Waals surface area contributed by atoms with Gasteiger partial charge in [-0.2, -0.15) is 13.2 Å². The monoisotopic (exact) mass is 455 g/mol. The fraction of sp³-hybridized carbons (Fsp3) is 0.300. The number of likely N-dealkylation sites (tertiary alicyclic amines) is 1. The minimum Gasteiger partial charge on any atom is -0.467 e. The summed E-state index contributed by atoms with van der Waals surface area (Å²) in [7, 11) is 0. The van der Waals surface area contributed by atoms with Crippen molar-refractivity contribution < 1.29 is 22.7 Å². The number of piperidine rings is 1. The molecule has 3 aromatic rings. The summed E-state index contributed by atoms with van der Waals surface area (Å²) in [5, 5.41) is 3.45. The average molecular weight is 456 g/mol. The number of para-hydroxylation sites is 2. The highest BCUT2D eigenvalue weighted by atomic mass is 35.5. The number of ether oxygens (including phenoxy) is 1. The second-order valence-electron chi connectivity index (χ2n) is 6.84. The SMILES string of the molecule is O=C(Nc1ccccc1C(F)(F)F)N1CCC(Oc2nc3c(Cl)cccc3s2)CC1. The highest BCUT2D eigenvalue weighted by Gasteiger charge is 2.34. The predicted octanol–water partition coefficient (Wildman–Crippen LogP) is 6.04. The molecule has 2 amide bonds. The number of nitrogens with zero attached hydrogens (tertiary/aromatic N) is 2. The molecule has 2 aromatic carbocycles. The Morgan fingerprint density at radius 2 is 1.90 bits per heavy atom. The van der Waals surface area contributed by atoms with Crippen LogP contribution in [-0.2, 0) is 6.18 Å². The summed E-state index contributed by atoms with van der Waals surface area (Å²) >= 11 is 7.54. The molecule has 1 aromatic heterocycles. The van der Waals surface area contributed by atoms with Gasteiger partial charge in [0, 0.05) is 25.9 Å². The molecule has 5 nitrogen and oxygen atoms in total. The molecule has 1 saturated heterocycles. The van der Waals surface area contributed by atoms with E-state index in [9.17, 15) is 18.0 Å². The first kappa shape index (κ1) is 20.7. The van der Waals surface area contributed by atoms with Gasteiger partial charge in [0.1, 0.15) is 11.6 Å². The maximum Gasteiger partial charge on any atom is 0.418 e. The first-order chi connectivity index (χ1) is 14.3. The Bertz CT molecular complexity index is 1060. The van der Waals surface area contributed by atoms with Gasteiger partial charge in [0.2, 0.25) is 0 Å². The van der Waals surface area contributed by atoms with E-state index in [0.29, 0.717) is 41.7 Å². The minimum atomic E-state index is -4.54. The fourth-order valence-electron chi connectivity index (χ4n) is 3.30. The zero-order chi connectivity index (χ0) is 21.3. The molecule has 0 spiro atoms. The van der Waals surface area contributed by atoms with Crippen molar-refractivity contribution in [2.75, 3.05) is 18.4 Å². The number of carbonyl (C=O) groups is 1. The lowest BCUT2D eigenvalue weighted by molar-refractivity contribution is -0.136. The molecule has 1 aliphatic heterocycles. The zero-order valence-electron chi connectivity index (χ0n) is 15.6. The van der Waals surface area contributed by atoms with E-state index in [-0.39, 0.29) is 11.8 Å². The molecule has 10 heteroatoms. The van der Waals surface area contributed by atoms with Crippen molar-refractivity contribution in [1.29, 1.82) is 0 Å². The Morgan fingerprint density at radius 1 is 1.17 bits per heavy atom. The van der Waals surface area contributed by atoms with Crippen molar-refractivity contribution in [3.05, 3.63) is 53.1 Å². The third kappa shape index (κ3) is 4.46. The van der Waals surface area contributed by atoms with Crippen LogP contribution in [0.3, 0.4) is 0 Å². The molecule has 2 heterocycles. The second kappa shape index (κ2) is 8.31. The number of aromatic nitrogens is 1. The normalized spacial score (nSPS) is 15.4. The van der Waals surface area contributed by atoms with Crippen LogP contribution in [0.15, 0.2) is 42.5 Å². The van der Waals surface area contributed by atoms with Crippen LogP contribution in [0.5, 0.6) is 5.19 Å². The summed E-state index contributed by atoms with van der Waals surface area (Å²) in [4.78, 5) is 18.4. The van der Waals surface area contributed by atoms with E-state index >= 15 is 0 Å². The molecule has 0 radical (unpaired) electrons. The number of alkyl halides is 3. The number of benzene rings is 2. The molecule has 1 fully saturated rings. The van der Waals surface area contributed by atoms with Crippen LogP contribution in [0.2, 0.25) is 5.02 Å². The number of thiazole rings is 1. The first-order valence-electron chi connectivity index (χ1n) is 9.25. The largest absolute Gasteiger partial charge is 0.467 e. The Balaban J connectivity index is 1.35. The van der Waals surface area contributed by atoms with Crippen LogP contribution in [0.4, 0.5) is 23.7 Å². The Labute approximate surface area is 179 Å². The number of anilines is 1. The molecule has 0 atom stereocenters. The predicted molar refractivity (Wildman–Crippen MR) is 110 cm³/mol. The van der Waals surface area contributed by atoms with Gasteiger partial charge in [0.05, 0.1) is 21.0 Å². The number of hydrogen-bond donors (Lipinski definition) is 1. The van der Waals surface area contributed by atoms with Crippen molar-refractivity contribution in [3.63, 3.8) is 0 Å². The highest BCUT2D eigenvalue weighted by molar-refractivity contribution is 7.20. The maximum atomic E-state index is 13.1. The lowest BCUT2D eigenvalue weighted by Crippen LogP contribution is -2.44. The van der Waals surface area contributed by atoms with Crippen LogP contribution in [0, 0.1) is 0 Å². The van der Waals surface area contributed by atoms with Gasteiger partial charge in [-0.15, -0.1) is 0 Å². The van der Waals surface area contributed by atoms with Crippen molar-refractivity contribution in [2.45, 2.75) is 25.1 Å². The van der Waals surface area contributed by atoms with E-state index in [1.165, 1.54) is 34.4 Å². The fourth-order valence-corrected chi connectivity index (χ4v) is 4.48. The van der Waals surface area contributed by atoms with Crippen LogP contribution < -0.4 is 10.1 Å². The third-order valence-electron chi connectivity index (χ3n) is 4.82. The number of halogens is 4. The number of rotatable bonds is 3. The van der Waals surface area contributed by atoms with Crippen LogP contribution in [0.25, 0.3) is 10.2 Å². The maximum absolute atomic E-state index is 13.1. The first-order valence-corrected chi connectivity index (χ1v) is 10.4. The Hall–Kier alpha value is -2.52. The summed E-state index contributed by atoms with van der Waals surface area (Å²) in [6.07, 6.45) is -3.56. The zero-order valence-corrected chi connectivity index (χ0v) is 17.2. The van der Waals surface area contributed by atoms with Crippen molar-refractivity contribution in [2.24, 2.45) is 0 Å². The van der Waals surface area contributed by atoms with E-state index in [4.69, 9.17) is 16.3 Å². The topological polar surface area (TPSA) is 54.5 Å². The number of urea groups is 1. The third-order valence-corrected chi connectivity index (χ3v) is 6.04. The second-order valence-corrected chi connectivity index (χ2v) is 8.24. The Kier molecular flexibility index (Phi) is 5.75. The quantitative estimate of drug-likeness (QED) is 0.523. The lowest BCUT2D eigenvalue weighted by atomic mass is 10.1. The van der Waals surface area contributed by atoms with Gasteiger partial charge in [0.25, 0.3) is 5.19 Å². The molecule has 0 unspecified atom stereocenters. The molecular weight excluding hydrogens is 439 g/mol. The highest BCUT2D eigenvalue weighted by Crippen LogP contribution is 2.35. The molecule has 1 aliphatic rings. The van der Waals surface area contributed by atoms with Crippen molar-refractivity contribution >= 4 is 44.9 Å². The van der Waals surface area contributed by atoms with E-state index in [1.54, 1.807) is 6.07 Å². The van der Waals surface area contributed by atoms with Crippen molar-refractivity contribution in [1.82, 2.24) is 9.88 Å². The lowest BCUT2D eigenvalue weighted by Gasteiger charge is -2.31. The standard InChI is InChI=1S/C20H17ClF3N3O2S/c21-14-5-3-7-16-17(14)26-19(30-16)29-12-8-10-27(11-9-12)18(28)25-15-6-2-1-4-13(15)20(22,23)24/h1-7,12H,8-11H2,(H,25,28). The van der Waals surface area contributed by atoms with E-state index < -0.39 is 17.8 Å². The van der Waals surface area contributed by atoms with Gasteiger partial charge in [-0.05, 0) is 24.3 Å². The number of carbonyl (C=O) groups excluding carboxylic acids is 1. The molecule has 1 N–H and O–H groups in total. The summed E-state index contributed by atoms with van der Waals surface area (Å²) in [5.74, 6) is 0. The van der Waals surface area contributed by atoms with E-state index in [0.717, 1.165) is 10.8 Å². The summed E-state index contributed by atoms with van der Waals surface area (Å²) in [5.41, 5.74) is -0.426. The molecular formula is C20H17ClF3N3O2S. The molecule has 0 saturated carbocycles. The Morgan fingerprint density at radius 3 is 2.60 bits per heavy atom. The average Bonchev–Trinajstić information content (AvgIpc) is 3.12. The van der Waals surface area contributed by atoms with Crippen LogP contribution in [0.1, 0.15) is 18.4 Å². The molecule has 158 valence electrons.